The third-order valence-electron chi connectivity index (χ3n) is 3.12. The second-order valence-electron chi connectivity index (χ2n) is 3.90. The minimum absolute atomic E-state index is 0.0531. The molecule has 0 amide bonds. The van der Waals surface area contributed by atoms with Crippen molar-refractivity contribution in [2.45, 2.75) is 19.4 Å². The minimum Gasteiger partial charge on any atom is -0.395 e. The van der Waals surface area contributed by atoms with Crippen molar-refractivity contribution in [3.63, 3.8) is 0 Å². The van der Waals surface area contributed by atoms with E-state index in [1.54, 1.807) is 0 Å². The lowest BCUT2D eigenvalue weighted by Crippen LogP contribution is -2.48. The second kappa shape index (κ2) is 4.07. The number of allylic oxidation sites excluding steroid dienone is 2. The molecule has 0 aliphatic heterocycles. The maximum absolute atomic E-state index is 8.88. The van der Waals surface area contributed by atoms with Crippen LogP contribution in [0.4, 0.5) is 0 Å². The third kappa shape index (κ3) is 2.01. The van der Waals surface area contributed by atoms with Gasteiger partial charge in [-0.2, -0.15) is 0 Å². The summed E-state index contributed by atoms with van der Waals surface area (Å²) < 4.78 is 0. The molecule has 1 aliphatic rings. The van der Waals surface area contributed by atoms with E-state index in [2.05, 4.69) is 50.1 Å². The molecule has 0 saturated heterocycles. The summed E-state index contributed by atoms with van der Waals surface area (Å²) in [7, 11) is 2.05. The summed E-state index contributed by atoms with van der Waals surface area (Å²) in [5.74, 6) is 0.494. The van der Waals surface area contributed by atoms with Crippen LogP contribution in [-0.2, 0) is 0 Å². The fourth-order valence-electron chi connectivity index (χ4n) is 1.69. The molecular weight excluding hydrogens is 162 g/mol. The predicted octanol–water partition coefficient (Wildman–Crippen LogP) is 1.43. The highest BCUT2D eigenvalue weighted by Gasteiger charge is 2.31. The van der Waals surface area contributed by atoms with Gasteiger partial charge in [0.1, 0.15) is 0 Å². The Labute approximate surface area is 80.6 Å². The summed E-state index contributed by atoms with van der Waals surface area (Å²) in [5, 5.41) is 8.88. The first-order valence-electron chi connectivity index (χ1n) is 4.79. The van der Waals surface area contributed by atoms with Crippen molar-refractivity contribution < 1.29 is 5.11 Å². The zero-order valence-electron chi connectivity index (χ0n) is 8.70. The van der Waals surface area contributed by atoms with E-state index in [-0.39, 0.29) is 12.1 Å². The molecule has 0 heterocycles. The molecule has 2 unspecified atom stereocenters. The van der Waals surface area contributed by atoms with Gasteiger partial charge in [0.05, 0.1) is 6.61 Å². The summed E-state index contributed by atoms with van der Waals surface area (Å²) in [6.45, 7) is 5.34. The van der Waals surface area contributed by atoms with E-state index >= 15 is 0 Å². The molecule has 0 aromatic carbocycles. The first-order chi connectivity index (χ1) is 6.11. The SMILES string of the molecule is CC1C=CC=CC1(C)N(C)CCO. The zero-order chi connectivity index (χ0) is 9.90. The van der Waals surface area contributed by atoms with Crippen LogP contribution in [-0.4, -0.2) is 35.7 Å². The quantitative estimate of drug-likeness (QED) is 0.712. The molecule has 13 heavy (non-hydrogen) atoms. The first-order valence-corrected chi connectivity index (χ1v) is 4.79. The van der Waals surface area contributed by atoms with Crippen LogP contribution in [0, 0.1) is 5.92 Å². The number of rotatable bonds is 3. The topological polar surface area (TPSA) is 23.5 Å². The fraction of sp³-hybridized carbons (Fsp3) is 0.636. The van der Waals surface area contributed by atoms with Crippen LogP contribution in [0.5, 0.6) is 0 Å². The second-order valence-corrected chi connectivity index (χ2v) is 3.90. The summed E-state index contributed by atoms with van der Waals surface area (Å²) in [6, 6.07) is 0. The number of nitrogens with zero attached hydrogens (tertiary/aromatic N) is 1. The van der Waals surface area contributed by atoms with Gasteiger partial charge < -0.3 is 5.11 Å². The zero-order valence-corrected chi connectivity index (χ0v) is 8.70. The maximum Gasteiger partial charge on any atom is 0.0558 e. The largest absolute Gasteiger partial charge is 0.395 e. The molecule has 0 bridgehead atoms. The molecule has 2 heteroatoms. The van der Waals surface area contributed by atoms with Gasteiger partial charge in [-0.15, -0.1) is 0 Å². The molecule has 0 saturated carbocycles. The number of likely N-dealkylation sites (N-methyl/N-ethyl adjacent to an activating group) is 1. The van der Waals surface area contributed by atoms with Gasteiger partial charge in [-0.3, -0.25) is 4.90 Å². The summed E-state index contributed by atoms with van der Waals surface area (Å²) in [6.07, 6.45) is 8.56. The van der Waals surface area contributed by atoms with E-state index in [9.17, 15) is 0 Å². The Kier molecular flexibility index (Phi) is 3.28. The smallest absolute Gasteiger partial charge is 0.0558 e. The number of β-amino-alcohol motifs (C(OH)–C–C–N with tert-alkyl or cyclic N) is 1. The molecule has 74 valence electrons. The van der Waals surface area contributed by atoms with Gasteiger partial charge >= 0.3 is 0 Å². The monoisotopic (exact) mass is 181 g/mol. The molecule has 0 spiro atoms. The van der Waals surface area contributed by atoms with Crippen LogP contribution in [0.3, 0.4) is 0 Å². The summed E-state index contributed by atoms with van der Waals surface area (Å²) >= 11 is 0. The average molecular weight is 181 g/mol. The molecule has 1 rings (SSSR count). The molecule has 1 aliphatic carbocycles. The third-order valence-corrected chi connectivity index (χ3v) is 3.12. The highest BCUT2D eigenvalue weighted by Crippen LogP contribution is 2.28. The van der Waals surface area contributed by atoms with Crippen molar-refractivity contribution in [3.05, 3.63) is 24.3 Å². The first kappa shape index (κ1) is 10.5. The van der Waals surface area contributed by atoms with Crippen molar-refractivity contribution >= 4 is 0 Å². The number of aliphatic hydroxyl groups excluding tert-OH is 1. The standard InChI is InChI=1S/C11H19NO/c1-10-6-4-5-7-11(10,2)12(3)8-9-13/h4-7,10,13H,8-9H2,1-3H3. The van der Waals surface area contributed by atoms with E-state index in [1.807, 2.05) is 0 Å². The molecule has 1 N–H and O–H groups in total. The summed E-state index contributed by atoms with van der Waals surface area (Å²) in [4.78, 5) is 2.19. The Balaban J connectivity index is 2.74. The molecular formula is C11H19NO. The van der Waals surface area contributed by atoms with Crippen LogP contribution in [0.15, 0.2) is 24.3 Å². The highest BCUT2D eigenvalue weighted by molar-refractivity contribution is 5.22. The molecule has 0 aromatic rings. The molecule has 2 atom stereocenters. The van der Waals surface area contributed by atoms with E-state index in [0.29, 0.717) is 5.92 Å². The van der Waals surface area contributed by atoms with Gasteiger partial charge in [0.25, 0.3) is 0 Å². The normalized spacial score (nSPS) is 32.8. The van der Waals surface area contributed by atoms with Crippen molar-refractivity contribution in [1.29, 1.82) is 0 Å². The lowest BCUT2D eigenvalue weighted by Gasteiger charge is -2.41. The lowest BCUT2D eigenvalue weighted by atomic mass is 9.82. The van der Waals surface area contributed by atoms with E-state index in [0.717, 1.165) is 6.54 Å². The Morgan fingerprint density at radius 3 is 2.69 bits per heavy atom. The average Bonchev–Trinajstić information content (AvgIpc) is 2.11. The van der Waals surface area contributed by atoms with Crippen LogP contribution in [0.2, 0.25) is 0 Å². The number of hydrogen-bond donors (Lipinski definition) is 1. The van der Waals surface area contributed by atoms with Crippen LogP contribution in [0.25, 0.3) is 0 Å². The van der Waals surface area contributed by atoms with Crippen molar-refractivity contribution in [2.24, 2.45) is 5.92 Å². The van der Waals surface area contributed by atoms with E-state index in [1.165, 1.54) is 0 Å². The van der Waals surface area contributed by atoms with Gasteiger partial charge in [-0.1, -0.05) is 31.2 Å². The Morgan fingerprint density at radius 2 is 2.15 bits per heavy atom. The summed E-state index contributed by atoms with van der Waals surface area (Å²) in [5.41, 5.74) is 0.0531. The number of aliphatic hydroxyl groups is 1. The fourth-order valence-corrected chi connectivity index (χ4v) is 1.69. The molecule has 0 fully saturated rings. The van der Waals surface area contributed by atoms with Gasteiger partial charge in [-0.25, -0.2) is 0 Å². The van der Waals surface area contributed by atoms with Crippen LogP contribution in [0.1, 0.15) is 13.8 Å². The molecule has 0 aromatic heterocycles. The predicted molar refractivity (Wildman–Crippen MR) is 55.6 cm³/mol. The van der Waals surface area contributed by atoms with Crippen molar-refractivity contribution in [3.8, 4) is 0 Å². The highest BCUT2D eigenvalue weighted by atomic mass is 16.3. The van der Waals surface area contributed by atoms with Gasteiger partial charge in [-0.05, 0) is 19.9 Å². The van der Waals surface area contributed by atoms with E-state index < -0.39 is 0 Å². The van der Waals surface area contributed by atoms with E-state index in [4.69, 9.17) is 5.11 Å². The Morgan fingerprint density at radius 1 is 1.46 bits per heavy atom. The van der Waals surface area contributed by atoms with Gasteiger partial charge in [0, 0.05) is 12.1 Å². The molecule has 2 nitrogen and oxygen atoms in total. The van der Waals surface area contributed by atoms with Crippen molar-refractivity contribution in [1.82, 2.24) is 4.90 Å². The van der Waals surface area contributed by atoms with Gasteiger partial charge in [0.15, 0.2) is 0 Å². The number of hydrogen-bond acceptors (Lipinski definition) is 2. The Bertz CT molecular complexity index is 222. The lowest BCUT2D eigenvalue weighted by molar-refractivity contribution is 0.116. The molecule has 0 radical (unpaired) electrons. The maximum atomic E-state index is 8.88. The minimum atomic E-state index is 0.0531. The van der Waals surface area contributed by atoms with Gasteiger partial charge in [0.2, 0.25) is 0 Å². The van der Waals surface area contributed by atoms with Crippen LogP contribution >= 0.6 is 0 Å². The van der Waals surface area contributed by atoms with Crippen molar-refractivity contribution in [2.75, 3.05) is 20.2 Å². The van der Waals surface area contributed by atoms with Crippen LogP contribution < -0.4 is 0 Å². The Hall–Kier alpha value is -0.600.